The van der Waals surface area contributed by atoms with Gasteiger partial charge < -0.3 is 10.2 Å². The first-order chi connectivity index (χ1) is 12.5. The van der Waals surface area contributed by atoms with Gasteiger partial charge in [-0.25, -0.2) is 0 Å². The first-order valence-corrected chi connectivity index (χ1v) is 8.12. The molecule has 0 aliphatic carbocycles. The van der Waals surface area contributed by atoms with Crippen molar-refractivity contribution in [1.29, 1.82) is 0 Å². The Bertz CT molecular complexity index is 890. The first kappa shape index (κ1) is 17.3. The number of nitrogens with one attached hydrogen (secondary N) is 1. The number of hydrogen-bond donors (Lipinski definition) is 1. The second-order valence-corrected chi connectivity index (χ2v) is 5.90. The molecule has 132 valence electrons. The van der Waals surface area contributed by atoms with Gasteiger partial charge in [-0.05, 0) is 48.7 Å². The van der Waals surface area contributed by atoms with Crippen molar-refractivity contribution in [3.8, 4) is 0 Å². The highest BCUT2D eigenvalue weighted by Gasteiger charge is 2.25. The number of nitro groups is 1. The molecule has 0 radical (unpaired) electrons. The van der Waals surface area contributed by atoms with Crippen LogP contribution in [0.5, 0.6) is 0 Å². The predicted molar refractivity (Wildman–Crippen MR) is 98.4 cm³/mol. The molecular weight excluding hydrogens is 334 g/mol. The summed E-state index contributed by atoms with van der Waals surface area (Å²) in [5.41, 5.74) is 2.47. The van der Waals surface area contributed by atoms with Crippen LogP contribution in [0.4, 0.5) is 17.1 Å². The van der Waals surface area contributed by atoms with Gasteiger partial charge in [0, 0.05) is 29.9 Å². The molecule has 0 saturated heterocycles. The first-order valence-electron chi connectivity index (χ1n) is 8.12. The molecule has 26 heavy (non-hydrogen) atoms. The van der Waals surface area contributed by atoms with Crippen molar-refractivity contribution in [1.82, 2.24) is 0 Å². The number of fused-ring (bicyclic) bond motifs is 1. The summed E-state index contributed by atoms with van der Waals surface area (Å²) in [5.74, 6) is -0.561. The van der Waals surface area contributed by atoms with Crippen molar-refractivity contribution < 1.29 is 14.5 Å². The zero-order chi connectivity index (χ0) is 18.7. The normalized spacial score (nSPS) is 12.8. The summed E-state index contributed by atoms with van der Waals surface area (Å²) in [4.78, 5) is 36.4. The molecule has 0 unspecified atom stereocenters. The molecule has 0 fully saturated rings. The molecule has 2 aromatic carbocycles. The second-order valence-electron chi connectivity index (χ2n) is 5.90. The number of benzene rings is 2. The van der Waals surface area contributed by atoms with Crippen LogP contribution in [0.1, 0.15) is 22.3 Å². The van der Waals surface area contributed by atoms with E-state index in [1.165, 1.54) is 12.1 Å². The number of nitrogens with zero attached hydrogens (tertiary/aromatic N) is 2. The zero-order valence-corrected chi connectivity index (χ0v) is 14.0. The molecule has 0 saturated carbocycles. The molecule has 7 heteroatoms. The predicted octanol–water partition coefficient (Wildman–Crippen LogP) is 3.31. The van der Waals surface area contributed by atoms with Crippen LogP contribution >= 0.6 is 0 Å². The van der Waals surface area contributed by atoms with Crippen molar-refractivity contribution in [2.24, 2.45) is 0 Å². The number of amides is 2. The number of non-ortho nitro benzene ring substituents is 1. The maximum absolute atomic E-state index is 12.9. The fourth-order valence-electron chi connectivity index (χ4n) is 2.93. The molecule has 1 aliphatic heterocycles. The van der Waals surface area contributed by atoms with E-state index in [-0.39, 0.29) is 17.5 Å². The number of hydrogen-bond acceptors (Lipinski definition) is 4. The van der Waals surface area contributed by atoms with E-state index in [2.05, 4.69) is 11.9 Å². The number of carbonyl (C=O) groups excluding carboxylic acids is 2. The van der Waals surface area contributed by atoms with Crippen LogP contribution in [0.3, 0.4) is 0 Å². The Kier molecular flexibility index (Phi) is 4.79. The fourth-order valence-corrected chi connectivity index (χ4v) is 2.93. The molecule has 1 aliphatic rings. The van der Waals surface area contributed by atoms with Crippen molar-refractivity contribution in [2.75, 3.05) is 16.8 Å². The van der Waals surface area contributed by atoms with Gasteiger partial charge in [0.15, 0.2) is 0 Å². The number of carbonyl (C=O) groups is 2. The minimum Gasteiger partial charge on any atom is -0.323 e. The number of anilines is 2. The van der Waals surface area contributed by atoms with Gasteiger partial charge in [0.25, 0.3) is 11.6 Å². The highest BCUT2D eigenvalue weighted by Crippen LogP contribution is 2.32. The topological polar surface area (TPSA) is 92.6 Å². The third kappa shape index (κ3) is 3.46. The van der Waals surface area contributed by atoms with Crippen LogP contribution < -0.4 is 10.2 Å². The fraction of sp³-hybridized carbons (Fsp3) is 0.158. The maximum Gasteiger partial charge on any atom is 0.271 e. The van der Waals surface area contributed by atoms with Crippen molar-refractivity contribution in [3.63, 3.8) is 0 Å². The highest BCUT2D eigenvalue weighted by atomic mass is 16.6. The van der Waals surface area contributed by atoms with Crippen molar-refractivity contribution in [3.05, 3.63) is 76.4 Å². The lowest BCUT2D eigenvalue weighted by Crippen LogP contribution is -2.35. The van der Waals surface area contributed by atoms with E-state index in [0.717, 1.165) is 24.5 Å². The van der Waals surface area contributed by atoms with Gasteiger partial charge >= 0.3 is 0 Å². The Hall–Kier alpha value is -3.48. The van der Waals surface area contributed by atoms with Crippen LogP contribution in [0.2, 0.25) is 0 Å². The summed E-state index contributed by atoms with van der Waals surface area (Å²) in [6.07, 6.45) is 2.74. The van der Waals surface area contributed by atoms with Crippen molar-refractivity contribution in [2.45, 2.75) is 12.8 Å². The van der Waals surface area contributed by atoms with Crippen LogP contribution in [0.25, 0.3) is 0 Å². The number of rotatable bonds is 4. The molecule has 3 rings (SSSR count). The second kappa shape index (κ2) is 7.18. The van der Waals surface area contributed by atoms with Gasteiger partial charge in [-0.3, -0.25) is 19.7 Å². The lowest BCUT2D eigenvalue weighted by atomic mass is 10.00. The van der Waals surface area contributed by atoms with E-state index < -0.39 is 4.92 Å². The van der Waals surface area contributed by atoms with Crippen LogP contribution in [0.15, 0.2) is 55.1 Å². The average Bonchev–Trinajstić information content (AvgIpc) is 2.67. The lowest BCUT2D eigenvalue weighted by molar-refractivity contribution is -0.384. The Balaban J connectivity index is 1.87. The lowest BCUT2D eigenvalue weighted by Gasteiger charge is -2.29. The van der Waals surface area contributed by atoms with E-state index in [1.54, 1.807) is 35.2 Å². The largest absolute Gasteiger partial charge is 0.323 e. The van der Waals surface area contributed by atoms with Gasteiger partial charge in [0.05, 0.1) is 10.6 Å². The molecule has 0 spiro atoms. The number of aryl methyl sites for hydroxylation is 1. The minimum atomic E-state index is -0.464. The van der Waals surface area contributed by atoms with E-state index in [1.807, 2.05) is 0 Å². The zero-order valence-electron chi connectivity index (χ0n) is 14.0. The van der Waals surface area contributed by atoms with Crippen LogP contribution in [-0.2, 0) is 11.2 Å². The summed E-state index contributed by atoms with van der Waals surface area (Å²) in [7, 11) is 0. The molecule has 2 amide bonds. The van der Waals surface area contributed by atoms with Gasteiger partial charge in [0.2, 0.25) is 5.91 Å². The summed E-state index contributed by atoms with van der Waals surface area (Å²) >= 11 is 0. The Labute approximate surface area is 150 Å². The average molecular weight is 351 g/mol. The summed E-state index contributed by atoms with van der Waals surface area (Å²) < 4.78 is 0. The summed E-state index contributed by atoms with van der Waals surface area (Å²) in [6, 6.07) is 11.1. The molecular formula is C19H17N3O4. The van der Waals surface area contributed by atoms with E-state index in [9.17, 15) is 19.7 Å². The Morgan fingerprint density at radius 1 is 1.19 bits per heavy atom. The molecule has 0 aromatic heterocycles. The highest BCUT2D eigenvalue weighted by molar-refractivity contribution is 6.07. The minimum absolute atomic E-state index is 0.0362. The third-order valence-electron chi connectivity index (χ3n) is 4.23. The smallest absolute Gasteiger partial charge is 0.271 e. The Morgan fingerprint density at radius 2 is 1.92 bits per heavy atom. The monoisotopic (exact) mass is 351 g/mol. The van der Waals surface area contributed by atoms with Gasteiger partial charge in [-0.15, -0.1) is 0 Å². The number of nitro benzene ring substituents is 1. The van der Waals surface area contributed by atoms with E-state index >= 15 is 0 Å². The summed E-state index contributed by atoms with van der Waals surface area (Å²) in [6.45, 7) is 3.89. The SMILES string of the molecule is C=CC(=O)Nc1ccc(C(=O)N2CCCc3ccc([N+](=O)[O-])cc32)cc1. The molecule has 2 aromatic rings. The third-order valence-corrected chi connectivity index (χ3v) is 4.23. The standard InChI is InChI=1S/C19H17N3O4/c1-2-18(23)20-15-8-5-14(6-9-15)19(24)21-11-3-4-13-7-10-16(22(25)26)12-17(13)21/h2,5-10,12H,1,3-4,11H2,(H,20,23). The summed E-state index contributed by atoms with van der Waals surface area (Å²) in [5, 5.41) is 13.7. The quantitative estimate of drug-likeness (QED) is 0.519. The Morgan fingerprint density at radius 3 is 2.58 bits per heavy atom. The molecule has 0 atom stereocenters. The molecule has 7 nitrogen and oxygen atoms in total. The molecule has 0 bridgehead atoms. The molecule has 1 N–H and O–H groups in total. The van der Waals surface area contributed by atoms with E-state index in [0.29, 0.717) is 23.5 Å². The van der Waals surface area contributed by atoms with Crippen LogP contribution in [-0.4, -0.2) is 23.3 Å². The van der Waals surface area contributed by atoms with Gasteiger partial charge in [-0.2, -0.15) is 0 Å². The van der Waals surface area contributed by atoms with E-state index in [4.69, 9.17) is 0 Å². The maximum atomic E-state index is 12.9. The molecule has 1 heterocycles. The van der Waals surface area contributed by atoms with Gasteiger partial charge in [-0.1, -0.05) is 12.6 Å². The van der Waals surface area contributed by atoms with Crippen molar-refractivity contribution >= 4 is 28.9 Å². The van der Waals surface area contributed by atoms with Gasteiger partial charge in [0.1, 0.15) is 0 Å². The van der Waals surface area contributed by atoms with Crippen LogP contribution in [0, 0.1) is 10.1 Å².